The van der Waals surface area contributed by atoms with Crippen molar-refractivity contribution in [3.8, 4) is 5.75 Å². The van der Waals surface area contributed by atoms with Gasteiger partial charge in [-0.15, -0.1) is 11.8 Å². The lowest BCUT2D eigenvalue weighted by Gasteiger charge is -2.42. The Balaban J connectivity index is 0.895. The molecule has 456 valence electrons. The lowest BCUT2D eigenvalue weighted by Crippen LogP contribution is -2.63. The fourth-order valence-corrected chi connectivity index (χ4v) is 13.0. The number of esters is 1. The Morgan fingerprint density at radius 2 is 1.73 bits per heavy atom. The molecule has 3 saturated heterocycles. The summed E-state index contributed by atoms with van der Waals surface area (Å²) in [5.41, 5.74) is 0.139. The molecule has 0 radical (unpaired) electrons. The molecule has 4 aliphatic heterocycles. The number of methoxy groups -OCH3 is 2. The summed E-state index contributed by atoms with van der Waals surface area (Å²) in [7, 11) is 5.85. The third-order valence-electron chi connectivity index (χ3n) is 17.1. The van der Waals surface area contributed by atoms with Crippen LogP contribution in [-0.2, 0) is 65.4 Å². The third kappa shape index (κ3) is 15.7. The van der Waals surface area contributed by atoms with Crippen LogP contribution in [0.4, 0.5) is 10.5 Å². The number of epoxide rings is 1. The molecule has 2 aromatic carbocycles. The molecule has 5 aliphatic rings. The number of fused-ring (bicyclic) bond motifs is 5. The Hall–Kier alpha value is -6.46. The number of benzene rings is 2. The van der Waals surface area contributed by atoms with Crippen LogP contribution in [0.15, 0.2) is 54.1 Å². The molecule has 1 saturated carbocycles. The highest BCUT2D eigenvalue weighted by atomic mass is 35.5. The molecule has 23 heteroatoms. The Morgan fingerprint density at radius 3 is 2.42 bits per heavy atom. The van der Waals surface area contributed by atoms with Crippen molar-refractivity contribution in [3.63, 3.8) is 0 Å². The summed E-state index contributed by atoms with van der Waals surface area (Å²) in [6.45, 7) is 7.41. The number of aryl methyl sites for hydroxylation is 1. The molecular formula is C61H78ClN5O16S. The summed E-state index contributed by atoms with van der Waals surface area (Å²) in [5.74, 6) is -2.60. The van der Waals surface area contributed by atoms with E-state index in [1.807, 2.05) is 13.0 Å². The summed E-state index contributed by atoms with van der Waals surface area (Å²) >= 11 is 8.00. The van der Waals surface area contributed by atoms with Crippen molar-refractivity contribution in [2.24, 2.45) is 17.8 Å². The van der Waals surface area contributed by atoms with Crippen LogP contribution in [0, 0.1) is 17.8 Å². The van der Waals surface area contributed by atoms with Crippen LogP contribution in [0.3, 0.4) is 0 Å². The molecule has 4 fully saturated rings. The number of rotatable bonds is 21. The number of thioether (sulfide) groups is 1. The minimum atomic E-state index is -1.89. The Morgan fingerprint density at radius 1 is 1.00 bits per heavy atom. The largest absolute Gasteiger partial charge is 0.495 e. The van der Waals surface area contributed by atoms with Crippen LogP contribution in [0.2, 0.25) is 5.02 Å². The maximum absolute atomic E-state index is 14.4. The highest BCUT2D eigenvalue weighted by molar-refractivity contribution is 8.00. The van der Waals surface area contributed by atoms with E-state index in [2.05, 4.69) is 10.6 Å². The van der Waals surface area contributed by atoms with Crippen molar-refractivity contribution in [1.82, 2.24) is 20.4 Å². The van der Waals surface area contributed by atoms with Gasteiger partial charge in [0.1, 0.15) is 46.5 Å². The topological polar surface area (TPSA) is 274 Å². The number of aliphatic hydroxyl groups is 1. The number of carbonyl (C=O) groups excluding carboxylic acids is 10. The average molecular weight is 1200 g/mol. The summed E-state index contributed by atoms with van der Waals surface area (Å²) < 4.78 is 29.5. The molecule has 2 aromatic rings. The summed E-state index contributed by atoms with van der Waals surface area (Å²) in [4.78, 5) is 134. The van der Waals surface area contributed by atoms with Crippen LogP contribution >= 0.6 is 23.4 Å². The number of hydrogen-bond donors (Lipinski definition) is 3. The Bertz CT molecular complexity index is 2910. The Kier molecular flexibility index (Phi) is 22.2. The van der Waals surface area contributed by atoms with Crippen molar-refractivity contribution in [2.75, 3.05) is 52.1 Å². The number of nitrogens with one attached hydrogen (secondary N) is 2. The zero-order chi connectivity index (χ0) is 61.2. The molecule has 4 bridgehead atoms. The van der Waals surface area contributed by atoms with Crippen LogP contribution in [0.1, 0.15) is 130 Å². The first-order valence-corrected chi connectivity index (χ1v) is 30.0. The minimum absolute atomic E-state index is 0.0513. The number of hydrogen-bond acceptors (Lipinski definition) is 17. The molecule has 9 atom stereocenters. The van der Waals surface area contributed by atoms with Gasteiger partial charge in [0.25, 0.3) is 0 Å². The van der Waals surface area contributed by atoms with Gasteiger partial charge in [-0.2, -0.15) is 0 Å². The van der Waals surface area contributed by atoms with Gasteiger partial charge in [0, 0.05) is 95.1 Å². The zero-order valence-electron chi connectivity index (χ0n) is 49.0. The fourth-order valence-electron chi connectivity index (χ4n) is 11.6. The van der Waals surface area contributed by atoms with E-state index in [0.717, 1.165) is 29.5 Å². The summed E-state index contributed by atoms with van der Waals surface area (Å²) in [6, 6.07) is 7.28. The van der Waals surface area contributed by atoms with Crippen molar-refractivity contribution in [2.45, 2.75) is 158 Å². The quantitative estimate of drug-likeness (QED) is 0.0536. The van der Waals surface area contributed by atoms with Gasteiger partial charge < -0.3 is 43.9 Å². The van der Waals surface area contributed by atoms with Crippen LogP contribution in [-0.4, -0.2) is 169 Å². The van der Waals surface area contributed by atoms with Gasteiger partial charge in [0.2, 0.25) is 29.5 Å². The number of halogens is 1. The van der Waals surface area contributed by atoms with E-state index in [9.17, 15) is 53.1 Å². The van der Waals surface area contributed by atoms with Crippen LogP contribution < -0.4 is 20.3 Å². The van der Waals surface area contributed by atoms with Gasteiger partial charge in [-0.05, 0) is 101 Å². The van der Waals surface area contributed by atoms with E-state index in [-0.39, 0.29) is 90.3 Å². The average Bonchev–Trinajstić information content (AvgIpc) is 4.30. The maximum Gasteiger partial charge on any atom is 0.409 e. The van der Waals surface area contributed by atoms with E-state index in [4.69, 9.17) is 35.3 Å². The SMILES string of the molecule is COc1cc2cc(c1Cl)N(C)C(=O)C[C@@H](OC(=O)[C@H](C)N(C)C(=O)CCSC1CC(=O)N(CCCC(=O)C3CCC(CNC(=O)CCc4ccc(C=O)c(C=O)c4)CC3)C1=O)[C@]1(C)OC1[C@H](C)[C@@H]1C[C@@](O)(NC(=O)O1)C(OC)/C=C\C=C(/C)C2. The molecule has 0 aromatic heterocycles. The van der Waals surface area contributed by atoms with E-state index in [1.165, 1.54) is 54.7 Å². The molecule has 3 unspecified atom stereocenters. The molecule has 21 nitrogen and oxygen atoms in total. The second-order valence-corrected chi connectivity index (χ2v) is 24.6. The van der Waals surface area contributed by atoms with Crippen LogP contribution in [0.5, 0.6) is 5.75 Å². The summed E-state index contributed by atoms with van der Waals surface area (Å²) in [6.07, 6.45) is 5.48. The molecule has 1 aliphatic carbocycles. The van der Waals surface area contributed by atoms with E-state index < -0.39 is 83.2 Å². The number of nitrogens with zero attached hydrogens (tertiary/aromatic N) is 3. The number of carbonyl (C=O) groups is 10. The number of Topliss-reactive ketones (excluding diaryl/α,β-unsaturated/α-hetero) is 1. The molecule has 7 rings (SSSR count). The van der Waals surface area contributed by atoms with Gasteiger partial charge in [0.05, 0.1) is 30.6 Å². The lowest BCUT2D eigenvalue weighted by molar-refractivity contribution is -0.162. The number of likely N-dealkylation sites (N-methyl/N-ethyl adjacent to an activating group) is 1. The zero-order valence-corrected chi connectivity index (χ0v) is 50.6. The van der Waals surface area contributed by atoms with E-state index >= 15 is 0 Å². The van der Waals surface area contributed by atoms with Crippen molar-refractivity contribution in [3.05, 3.63) is 81.4 Å². The molecule has 4 heterocycles. The first kappa shape index (κ1) is 65.1. The monoisotopic (exact) mass is 1200 g/mol. The number of anilines is 1. The van der Waals surface area contributed by atoms with Crippen LogP contribution in [0.25, 0.3) is 0 Å². The predicted molar refractivity (Wildman–Crippen MR) is 311 cm³/mol. The highest BCUT2D eigenvalue weighted by Gasteiger charge is 2.64. The second-order valence-electron chi connectivity index (χ2n) is 22.9. The van der Waals surface area contributed by atoms with Gasteiger partial charge in [0.15, 0.2) is 18.3 Å². The number of ketones is 1. The number of allylic oxidation sites excluding steroid dienone is 3. The van der Waals surface area contributed by atoms with E-state index in [0.29, 0.717) is 68.2 Å². The fraction of sp³-hybridized carbons (Fsp3) is 0.574. The number of imide groups is 1. The standard InChI is InChI=1S/C61H78ClN5O16S/c1-35-11-9-13-49(80-8)61(78)31-47(81-59(77)64-61)36(2)56-60(4,83-56)50(30-53(73)66(6)44-27-40(25-35)28-46(79-7)55(44)62)82-58(76)37(3)65(5)52(72)22-24-84-48-29-54(74)67(57(48)75)23-10-12-45(70)41-18-15-39(16-19-41)32-63-51(71)21-17-38-14-20-42(33-68)43(26-38)34-69/h9,11,13-14,20,26-28,33-34,36-37,39,41,47-50,56,78H,10,12,15-19,21-25,29-32H2,1-8H3,(H,63,71)(H,64,77)/b13-9-,35-11+/t36-,37+,39?,41?,47+,48?,49?,50-,56?,60+,61+/m1/s1. The van der Waals surface area contributed by atoms with Gasteiger partial charge in [-0.3, -0.25) is 48.6 Å². The minimum Gasteiger partial charge on any atom is -0.495 e. The highest BCUT2D eigenvalue weighted by Crippen LogP contribution is 2.49. The third-order valence-corrected chi connectivity index (χ3v) is 18.7. The molecule has 0 spiro atoms. The van der Waals surface area contributed by atoms with Gasteiger partial charge >= 0.3 is 12.1 Å². The van der Waals surface area contributed by atoms with Crippen molar-refractivity contribution >= 4 is 89.0 Å². The Labute approximate surface area is 499 Å². The first-order chi connectivity index (χ1) is 39.9. The number of amides is 6. The smallest absolute Gasteiger partial charge is 0.409 e. The number of likely N-dealkylation sites (tertiary alicyclic amines) is 1. The van der Waals surface area contributed by atoms with E-state index in [1.54, 1.807) is 63.4 Å². The lowest BCUT2D eigenvalue weighted by atomic mass is 9.79. The number of ether oxygens (including phenoxy) is 5. The predicted octanol–water partition coefficient (Wildman–Crippen LogP) is 6.30. The first-order valence-electron chi connectivity index (χ1n) is 28.6. The van der Waals surface area contributed by atoms with Gasteiger partial charge in [-0.25, -0.2) is 9.59 Å². The normalized spacial score (nSPS) is 28.6. The molecule has 84 heavy (non-hydrogen) atoms. The van der Waals surface area contributed by atoms with Crippen molar-refractivity contribution in [1.29, 1.82) is 0 Å². The maximum atomic E-state index is 14.4. The van der Waals surface area contributed by atoms with Gasteiger partial charge in [-0.1, -0.05) is 54.5 Å². The molecule has 3 N–H and O–H groups in total. The summed E-state index contributed by atoms with van der Waals surface area (Å²) in [5, 5.41) is 16.8. The molecule has 6 amide bonds. The number of alkyl carbamates (subject to hydrolysis) is 1. The van der Waals surface area contributed by atoms with Crippen molar-refractivity contribution < 1.29 is 76.7 Å². The molecular weight excluding hydrogens is 1130 g/mol. The second kappa shape index (κ2) is 28.6. The number of aldehydes is 2.